The molecule has 4 atom stereocenters. The number of rotatable bonds is 8. The number of hydrogen-bond donors (Lipinski definition) is 1. The van der Waals surface area contributed by atoms with Crippen molar-refractivity contribution in [3.05, 3.63) is 53.1 Å². The molecule has 26 heavy (non-hydrogen) atoms. The minimum atomic E-state index is -0.177. The molecule has 1 fully saturated rings. The molecular formula is C24H35NO. The lowest BCUT2D eigenvalue weighted by atomic mass is 9.88. The average Bonchev–Trinajstić information content (AvgIpc) is 3.09. The van der Waals surface area contributed by atoms with Crippen molar-refractivity contribution in [2.45, 2.75) is 51.6 Å². The van der Waals surface area contributed by atoms with E-state index in [2.05, 4.69) is 68.4 Å². The summed E-state index contributed by atoms with van der Waals surface area (Å²) in [6.07, 6.45) is 14.1. The first-order valence-corrected chi connectivity index (χ1v) is 10.3. The zero-order valence-electron chi connectivity index (χ0n) is 16.7. The van der Waals surface area contributed by atoms with Gasteiger partial charge >= 0.3 is 0 Å². The van der Waals surface area contributed by atoms with E-state index >= 15 is 0 Å². The van der Waals surface area contributed by atoms with Gasteiger partial charge in [0.05, 0.1) is 6.10 Å². The maximum absolute atomic E-state index is 10.5. The Balaban J connectivity index is 1.51. The normalized spacial score (nSPS) is 28.1. The quantitative estimate of drug-likeness (QED) is 0.521. The fourth-order valence-electron chi connectivity index (χ4n) is 4.74. The molecule has 0 aliphatic heterocycles. The average molecular weight is 354 g/mol. The van der Waals surface area contributed by atoms with Gasteiger partial charge in [0.25, 0.3) is 0 Å². The van der Waals surface area contributed by atoms with Crippen LogP contribution in [-0.4, -0.2) is 36.8 Å². The molecule has 2 aliphatic rings. The maximum Gasteiger partial charge on any atom is 0.0611 e. The van der Waals surface area contributed by atoms with E-state index < -0.39 is 0 Å². The summed E-state index contributed by atoms with van der Waals surface area (Å²) < 4.78 is 0. The van der Waals surface area contributed by atoms with Crippen LogP contribution in [0.25, 0.3) is 6.08 Å². The van der Waals surface area contributed by atoms with Gasteiger partial charge in [-0.25, -0.2) is 0 Å². The van der Waals surface area contributed by atoms with Crippen molar-refractivity contribution in [1.82, 2.24) is 4.90 Å². The third kappa shape index (κ3) is 5.08. The van der Waals surface area contributed by atoms with Gasteiger partial charge in [-0.1, -0.05) is 60.1 Å². The van der Waals surface area contributed by atoms with E-state index in [1.54, 1.807) is 5.57 Å². The van der Waals surface area contributed by atoms with Crippen molar-refractivity contribution in [3.8, 4) is 0 Å². The van der Waals surface area contributed by atoms with Gasteiger partial charge in [-0.2, -0.15) is 0 Å². The molecule has 0 saturated heterocycles. The van der Waals surface area contributed by atoms with Crippen LogP contribution in [0.2, 0.25) is 0 Å². The highest BCUT2D eigenvalue weighted by Crippen LogP contribution is 2.48. The number of allylic oxidation sites excluding steroid dienone is 2. The summed E-state index contributed by atoms with van der Waals surface area (Å²) in [5.41, 5.74) is 4.18. The summed E-state index contributed by atoms with van der Waals surface area (Å²) in [6, 6.07) is 8.59. The van der Waals surface area contributed by atoms with Gasteiger partial charge in [0, 0.05) is 5.92 Å². The summed E-state index contributed by atoms with van der Waals surface area (Å²) in [7, 11) is 4.30. The number of nitrogens with zero attached hydrogens (tertiary/aromatic N) is 1. The molecule has 0 aromatic heterocycles. The molecule has 1 aromatic rings. The van der Waals surface area contributed by atoms with Gasteiger partial charge in [0.15, 0.2) is 0 Å². The number of aliphatic hydroxyl groups is 1. The minimum absolute atomic E-state index is 0.177. The molecule has 1 aromatic carbocycles. The number of aliphatic hydroxyl groups excluding tert-OH is 1. The summed E-state index contributed by atoms with van der Waals surface area (Å²) >= 11 is 0. The molecule has 0 bridgehead atoms. The van der Waals surface area contributed by atoms with Crippen LogP contribution >= 0.6 is 0 Å². The SMILES string of the molecule is Cc1cccc(/C=C/[C@@H]2[C@H]3CC(CCCCCN(C)C)=C[C@H]3C[C@H]2O)c1. The molecule has 0 amide bonds. The third-order valence-electron chi connectivity index (χ3n) is 6.11. The summed E-state index contributed by atoms with van der Waals surface area (Å²) in [5.74, 6) is 1.51. The van der Waals surface area contributed by atoms with Crippen molar-refractivity contribution in [3.63, 3.8) is 0 Å². The number of hydrogen-bond acceptors (Lipinski definition) is 2. The molecule has 0 unspecified atom stereocenters. The largest absolute Gasteiger partial charge is 0.392 e. The Labute approximate surface area is 159 Å². The molecule has 0 radical (unpaired) electrons. The maximum atomic E-state index is 10.5. The van der Waals surface area contributed by atoms with Gasteiger partial charge in [0.1, 0.15) is 0 Å². The van der Waals surface area contributed by atoms with Crippen LogP contribution in [0.4, 0.5) is 0 Å². The van der Waals surface area contributed by atoms with Crippen LogP contribution in [0.1, 0.15) is 49.7 Å². The Hall–Kier alpha value is -1.38. The molecule has 0 spiro atoms. The lowest BCUT2D eigenvalue weighted by Crippen LogP contribution is -2.17. The third-order valence-corrected chi connectivity index (χ3v) is 6.11. The fourth-order valence-corrected chi connectivity index (χ4v) is 4.74. The van der Waals surface area contributed by atoms with E-state index in [9.17, 15) is 5.11 Å². The zero-order valence-corrected chi connectivity index (χ0v) is 16.7. The molecule has 2 nitrogen and oxygen atoms in total. The van der Waals surface area contributed by atoms with Crippen molar-refractivity contribution >= 4 is 6.08 Å². The van der Waals surface area contributed by atoms with Gasteiger partial charge in [-0.3, -0.25) is 0 Å². The molecule has 1 N–H and O–H groups in total. The van der Waals surface area contributed by atoms with Crippen molar-refractivity contribution in [1.29, 1.82) is 0 Å². The Bertz CT molecular complexity index is 645. The number of benzene rings is 1. The standard InChI is InChI=1S/C24H35NO/c1-18-8-7-10-19(14-18)11-12-22-23-16-20(15-21(23)17-24(22)26)9-5-4-6-13-25(2)3/h7-8,10-12,14-15,21-24,26H,4-6,9,13,16-17H2,1-3H3/b12-11+/t21-,22+,23-,24+/m0/s1. The second-order valence-electron chi connectivity index (χ2n) is 8.62. The van der Waals surface area contributed by atoms with Crippen LogP contribution in [0.5, 0.6) is 0 Å². The number of unbranched alkanes of at least 4 members (excludes halogenated alkanes) is 2. The van der Waals surface area contributed by atoms with E-state index in [0.717, 1.165) is 6.42 Å². The second-order valence-corrected chi connectivity index (χ2v) is 8.62. The second kappa shape index (κ2) is 9.01. The lowest BCUT2D eigenvalue weighted by molar-refractivity contribution is 0.141. The van der Waals surface area contributed by atoms with E-state index in [0.29, 0.717) is 17.8 Å². The van der Waals surface area contributed by atoms with Crippen molar-refractivity contribution in [2.75, 3.05) is 20.6 Å². The first-order chi connectivity index (χ1) is 12.5. The van der Waals surface area contributed by atoms with Gasteiger partial charge in [0.2, 0.25) is 0 Å². The predicted octanol–water partition coefficient (Wildman–Crippen LogP) is 5.07. The van der Waals surface area contributed by atoms with Crippen LogP contribution in [0.15, 0.2) is 42.0 Å². The highest BCUT2D eigenvalue weighted by atomic mass is 16.3. The van der Waals surface area contributed by atoms with Crippen molar-refractivity contribution < 1.29 is 5.11 Å². The molecule has 3 rings (SSSR count). The molecular weight excluding hydrogens is 318 g/mol. The molecule has 2 heteroatoms. The van der Waals surface area contributed by atoms with Crippen LogP contribution in [0, 0.1) is 24.7 Å². The Kier molecular flexibility index (Phi) is 6.72. The summed E-state index contributed by atoms with van der Waals surface area (Å²) in [6.45, 7) is 3.33. The Morgan fingerprint density at radius 2 is 2.04 bits per heavy atom. The van der Waals surface area contributed by atoms with Crippen LogP contribution < -0.4 is 0 Å². The van der Waals surface area contributed by atoms with E-state index in [4.69, 9.17) is 0 Å². The molecule has 0 heterocycles. The van der Waals surface area contributed by atoms with Crippen LogP contribution in [0.3, 0.4) is 0 Å². The van der Waals surface area contributed by atoms with Crippen LogP contribution in [-0.2, 0) is 0 Å². The van der Waals surface area contributed by atoms with Gasteiger partial charge < -0.3 is 10.0 Å². The predicted molar refractivity (Wildman–Crippen MR) is 111 cm³/mol. The van der Waals surface area contributed by atoms with Gasteiger partial charge in [-0.05, 0) is 77.1 Å². The monoisotopic (exact) mass is 353 g/mol. The Morgan fingerprint density at radius 3 is 2.81 bits per heavy atom. The highest BCUT2D eigenvalue weighted by Gasteiger charge is 2.43. The van der Waals surface area contributed by atoms with Gasteiger partial charge in [-0.15, -0.1) is 0 Å². The van der Waals surface area contributed by atoms with E-state index in [1.807, 2.05) is 0 Å². The molecule has 1 saturated carbocycles. The molecule has 2 aliphatic carbocycles. The fraction of sp³-hybridized carbons (Fsp3) is 0.583. The summed E-state index contributed by atoms with van der Waals surface area (Å²) in [5, 5.41) is 10.5. The molecule has 142 valence electrons. The summed E-state index contributed by atoms with van der Waals surface area (Å²) in [4.78, 5) is 2.27. The minimum Gasteiger partial charge on any atom is -0.392 e. The first kappa shape index (κ1) is 19.4. The van der Waals surface area contributed by atoms with Crippen molar-refractivity contribution in [2.24, 2.45) is 17.8 Å². The first-order valence-electron chi connectivity index (χ1n) is 10.3. The lowest BCUT2D eigenvalue weighted by Gasteiger charge is -2.18. The number of fused-ring (bicyclic) bond motifs is 1. The smallest absolute Gasteiger partial charge is 0.0611 e. The Morgan fingerprint density at radius 1 is 1.19 bits per heavy atom. The highest BCUT2D eigenvalue weighted by molar-refractivity contribution is 5.51. The van der Waals surface area contributed by atoms with E-state index in [1.165, 1.54) is 49.8 Å². The topological polar surface area (TPSA) is 23.5 Å². The number of aryl methyl sites for hydroxylation is 1. The zero-order chi connectivity index (χ0) is 18.5. The van der Waals surface area contributed by atoms with E-state index in [-0.39, 0.29) is 6.10 Å².